The molecule has 18 nitrogen and oxygen atoms in total. The molecule has 6 N–H and O–H groups in total. The number of carboxylic acids is 1. The van der Waals surface area contributed by atoms with Gasteiger partial charge < -0.3 is 64.4 Å². The summed E-state index contributed by atoms with van der Waals surface area (Å²) in [5, 5.41) is 49.4. The fourth-order valence-electron chi connectivity index (χ4n) is 7.16. The first-order chi connectivity index (χ1) is 24.9. The van der Waals surface area contributed by atoms with Crippen molar-refractivity contribution in [2.24, 2.45) is 0 Å². The number of amides is 3. The minimum absolute atomic E-state index is 0.0870. The van der Waals surface area contributed by atoms with Gasteiger partial charge >= 0.3 is 12.1 Å². The van der Waals surface area contributed by atoms with Gasteiger partial charge in [-0.05, 0) is 39.3 Å². The Labute approximate surface area is 308 Å². The number of methoxy groups -OCH3 is 3. The zero-order chi connectivity index (χ0) is 39.3. The lowest BCUT2D eigenvalue weighted by Gasteiger charge is -2.49. The van der Waals surface area contributed by atoms with E-state index in [0.717, 1.165) is 0 Å². The van der Waals surface area contributed by atoms with Gasteiger partial charge in [0.2, 0.25) is 11.7 Å². The second kappa shape index (κ2) is 17.0. The van der Waals surface area contributed by atoms with Gasteiger partial charge in [0.1, 0.15) is 17.8 Å². The Morgan fingerprint density at radius 3 is 2.28 bits per heavy atom. The number of rotatable bonds is 13. The average Bonchev–Trinajstić information content (AvgIpc) is 3.53. The van der Waals surface area contributed by atoms with Crippen molar-refractivity contribution >= 4 is 23.9 Å². The van der Waals surface area contributed by atoms with Crippen LogP contribution in [0.25, 0.3) is 0 Å². The van der Waals surface area contributed by atoms with Gasteiger partial charge in [0.25, 0.3) is 5.91 Å². The predicted molar refractivity (Wildman–Crippen MR) is 186 cm³/mol. The summed E-state index contributed by atoms with van der Waals surface area (Å²) in [5.74, 6) is -1.99. The highest BCUT2D eigenvalue weighted by Gasteiger charge is 2.55. The molecule has 18 heteroatoms. The van der Waals surface area contributed by atoms with E-state index in [1.54, 1.807) is 25.7 Å². The Hall–Kier alpha value is -3.94. The van der Waals surface area contributed by atoms with Crippen molar-refractivity contribution in [3.8, 4) is 17.2 Å². The summed E-state index contributed by atoms with van der Waals surface area (Å²) in [7, 11) is 4.17. The second-order valence-corrected chi connectivity index (χ2v) is 14.7. The molecule has 0 unspecified atom stereocenters. The number of benzene rings is 1. The molecule has 3 aliphatic rings. The predicted octanol–water partition coefficient (Wildman–Crippen LogP) is -0.256. The van der Waals surface area contributed by atoms with Gasteiger partial charge in [0.15, 0.2) is 17.1 Å². The molecule has 3 saturated heterocycles. The molecule has 3 aliphatic heterocycles. The minimum Gasteiger partial charge on any atom is -0.493 e. The van der Waals surface area contributed by atoms with Crippen LogP contribution in [0.4, 0.5) is 4.79 Å². The van der Waals surface area contributed by atoms with Crippen molar-refractivity contribution < 1.29 is 68.0 Å². The third-order valence-electron chi connectivity index (χ3n) is 9.87. The number of nitrogens with zero attached hydrogens (tertiary/aromatic N) is 2. The summed E-state index contributed by atoms with van der Waals surface area (Å²) in [6, 6.07) is 1.49. The van der Waals surface area contributed by atoms with Crippen LogP contribution in [0.5, 0.6) is 17.2 Å². The van der Waals surface area contributed by atoms with E-state index < -0.39 is 84.0 Å². The molecule has 0 aliphatic carbocycles. The van der Waals surface area contributed by atoms with Crippen LogP contribution in [0.1, 0.15) is 57.3 Å². The molecular formula is C35H54N4O14. The number of carbonyl (C=O) groups is 4. The van der Waals surface area contributed by atoms with Gasteiger partial charge in [0.05, 0.1) is 58.3 Å². The first kappa shape index (κ1) is 41.8. The first-order valence-electron chi connectivity index (χ1n) is 17.5. The lowest BCUT2D eigenvalue weighted by Crippen LogP contribution is -2.68. The Morgan fingerprint density at radius 2 is 1.72 bits per heavy atom. The van der Waals surface area contributed by atoms with E-state index in [1.807, 2.05) is 0 Å². The molecule has 0 bridgehead atoms. The molecule has 3 heterocycles. The summed E-state index contributed by atoms with van der Waals surface area (Å²) in [6.45, 7) is 7.98. The van der Waals surface area contributed by atoms with Crippen LogP contribution in [0.3, 0.4) is 0 Å². The average molecular weight is 755 g/mol. The summed E-state index contributed by atoms with van der Waals surface area (Å²) >= 11 is 0. The number of carbonyl (C=O) groups excluding carboxylic acids is 3. The Morgan fingerprint density at radius 1 is 1.06 bits per heavy atom. The number of likely N-dealkylation sites (tertiary alicyclic amines) is 1. The van der Waals surface area contributed by atoms with Crippen LogP contribution in [0.2, 0.25) is 0 Å². The molecule has 0 saturated carbocycles. The summed E-state index contributed by atoms with van der Waals surface area (Å²) in [5.41, 5.74) is -3.27. The van der Waals surface area contributed by atoms with Crippen LogP contribution in [0.15, 0.2) is 12.1 Å². The molecular weight excluding hydrogens is 700 g/mol. The van der Waals surface area contributed by atoms with Crippen molar-refractivity contribution in [1.82, 2.24) is 20.4 Å². The fraction of sp³-hybridized carbons (Fsp3) is 0.714. The smallest absolute Gasteiger partial charge is 0.410 e. The highest BCUT2D eigenvalue weighted by Crippen LogP contribution is 2.39. The van der Waals surface area contributed by atoms with Crippen LogP contribution >= 0.6 is 0 Å². The number of ether oxygens (including phenoxy) is 6. The van der Waals surface area contributed by atoms with Gasteiger partial charge in [0, 0.05) is 58.1 Å². The lowest BCUT2D eigenvalue weighted by atomic mass is 9.81. The summed E-state index contributed by atoms with van der Waals surface area (Å²) in [6.07, 6.45) is -7.23. The molecule has 0 aromatic heterocycles. The van der Waals surface area contributed by atoms with Gasteiger partial charge in [-0.15, -0.1) is 0 Å². The van der Waals surface area contributed by atoms with E-state index >= 15 is 0 Å². The maximum Gasteiger partial charge on any atom is 0.410 e. The fourth-order valence-corrected chi connectivity index (χ4v) is 7.16. The van der Waals surface area contributed by atoms with E-state index in [2.05, 4.69) is 15.5 Å². The Bertz CT molecular complexity index is 1460. The number of nitrogens with one attached hydrogen (secondary N) is 2. The molecule has 1 spiro atoms. The van der Waals surface area contributed by atoms with Gasteiger partial charge in [-0.2, -0.15) is 0 Å². The highest BCUT2D eigenvalue weighted by atomic mass is 16.6. The molecule has 7 atom stereocenters. The molecule has 53 heavy (non-hydrogen) atoms. The molecule has 1 aromatic carbocycles. The summed E-state index contributed by atoms with van der Waals surface area (Å²) < 4.78 is 33.4. The third kappa shape index (κ3) is 9.60. The molecule has 0 radical (unpaired) electrons. The number of hydrogen-bond acceptors (Lipinski definition) is 14. The Balaban J connectivity index is 1.51. The topological polar surface area (TPSA) is 235 Å². The van der Waals surface area contributed by atoms with Crippen molar-refractivity contribution in [2.75, 3.05) is 67.3 Å². The van der Waals surface area contributed by atoms with Gasteiger partial charge in [-0.25, -0.2) is 9.59 Å². The van der Waals surface area contributed by atoms with Crippen LogP contribution < -0.4 is 24.8 Å². The van der Waals surface area contributed by atoms with Crippen LogP contribution in [0, 0.1) is 0 Å². The monoisotopic (exact) mass is 754 g/mol. The van der Waals surface area contributed by atoms with E-state index in [0.29, 0.717) is 39.3 Å². The quantitative estimate of drug-likeness (QED) is 0.152. The number of aliphatic hydroxyl groups excluding tert-OH is 3. The standard InChI is InChI=1S/C35H54N4O14/c1-20(40)37-26-22(41)16-35(31(45)46,9-11-39-12-13-51-19-34(39)8-10-38(18-34)32(47)53-33(2,3)4)52-29(26)27(43)23(42)17-36-30(44)21-14-24(48-5)28(50-7)25(15-21)49-6/h14-15,22-23,26-27,29,41-43H,8-13,16-19H2,1-7H3,(H,36,44)(H,37,40)(H,45,46)/t22-,23+,26+,27+,29+,34-,35+/m0/s1. The normalized spacial score (nSPS) is 27.4. The van der Waals surface area contributed by atoms with Crippen LogP contribution in [-0.2, 0) is 23.8 Å². The lowest BCUT2D eigenvalue weighted by molar-refractivity contribution is -0.231. The van der Waals surface area contributed by atoms with Gasteiger partial charge in [-0.1, -0.05) is 0 Å². The van der Waals surface area contributed by atoms with E-state index in [1.165, 1.54) is 40.4 Å². The van der Waals surface area contributed by atoms with Crippen LogP contribution in [-0.4, -0.2) is 169 Å². The van der Waals surface area contributed by atoms with E-state index in [-0.39, 0.29) is 35.8 Å². The second-order valence-electron chi connectivity index (χ2n) is 14.7. The van der Waals surface area contributed by atoms with Crippen molar-refractivity contribution in [3.05, 3.63) is 17.7 Å². The third-order valence-corrected chi connectivity index (χ3v) is 9.87. The zero-order valence-electron chi connectivity index (χ0n) is 31.4. The van der Waals surface area contributed by atoms with Crippen molar-refractivity contribution in [1.29, 1.82) is 0 Å². The number of aliphatic carboxylic acids is 1. The first-order valence-corrected chi connectivity index (χ1v) is 17.5. The minimum atomic E-state index is -2.05. The van der Waals surface area contributed by atoms with Gasteiger partial charge in [-0.3, -0.25) is 14.5 Å². The Kier molecular flexibility index (Phi) is 13.4. The SMILES string of the molecule is COc1cc(C(=O)NC[C@@H](O)[C@@H](O)[C@@H]2O[C@@](CCN3CCOC[C@@]34CCN(C(=O)OC(C)(C)C)C4)(C(=O)O)C[C@H](O)[C@H]2NC(C)=O)cc(OC)c1OC. The maximum absolute atomic E-state index is 13.1. The molecule has 4 rings (SSSR count). The van der Waals surface area contributed by atoms with E-state index in [4.69, 9.17) is 28.4 Å². The van der Waals surface area contributed by atoms with Crippen molar-refractivity contribution in [2.45, 2.75) is 94.2 Å². The van der Waals surface area contributed by atoms with Crippen molar-refractivity contribution in [3.63, 3.8) is 0 Å². The maximum atomic E-state index is 13.1. The van der Waals surface area contributed by atoms with E-state index in [9.17, 15) is 39.6 Å². The highest BCUT2D eigenvalue weighted by molar-refractivity contribution is 5.95. The number of hydrogen-bond donors (Lipinski definition) is 6. The molecule has 3 amide bonds. The molecule has 3 fully saturated rings. The molecule has 1 aromatic rings. The zero-order valence-corrected chi connectivity index (χ0v) is 31.4. The summed E-state index contributed by atoms with van der Waals surface area (Å²) in [4.78, 5) is 54.8. The largest absolute Gasteiger partial charge is 0.493 e. The number of carboxylic acid groups (broad SMARTS) is 1. The molecule has 298 valence electrons. The number of aliphatic hydroxyl groups is 3. The number of morpholine rings is 1.